The van der Waals surface area contributed by atoms with Crippen molar-refractivity contribution >= 4 is 5.91 Å². The van der Waals surface area contributed by atoms with Crippen LogP contribution in [0.5, 0.6) is 0 Å². The van der Waals surface area contributed by atoms with Crippen LogP contribution in [0.1, 0.15) is 44.0 Å². The molecule has 1 aliphatic heterocycles. The predicted octanol–water partition coefficient (Wildman–Crippen LogP) is 3.28. The molecule has 1 atom stereocenters. The van der Waals surface area contributed by atoms with Gasteiger partial charge in [-0.2, -0.15) is 0 Å². The fourth-order valence-corrected chi connectivity index (χ4v) is 3.65. The number of carbonyl (C=O) groups excluding carboxylic acids is 1. The molecule has 0 spiro atoms. The van der Waals surface area contributed by atoms with Gasteiger partial charge in [-0.25, -0.2) is 0 Å². The number of benzene rings is 1. The van der Waals surface area contributed by atoms with E-state index in [2.05, 4.69) is 41.3 Å². The lowest BCUT2D eigenvalue weighted by Crippen LogP contribution is -2.42. The molecule has 7 nitrogen and oxygen atoms in total. The first-order valence-electron chi connectivity index (χ1n) is 9.75. The van der Waals surface area contributed by atoms with Gasteiger partial charge in [0.15, 0.2) is 17.3 Å². The Kier molecular flexibility index (Phi) is 4.98. The Morgan fingerprint density at radius 2 is 2.00 bits per heavy atom. The van der Waals surface area contributed by atoms with Crippen LogP contribution in [0.25, 0.3) is 11.5 Å². The molecule has 0 N–H and O–H groups in total. The van der Waals surface area contributed by atoms with Gasteiger partial charge in [-0.3, -0.25) is 9.36 Å². The maximum Gasteiger partial charge on any atom is 0.245 e. The van der Waals surface area contributed by atoms with Gasteiger partial charge in [-0.1, -0.05) is 49.3 Å². The zero-order valence-corrected chi connectivity index (χ0v) is 16.5. The van der Waals surface area contributed by atoms with Gasteiger partial charge >= 0.3 is 0 Å². The minimum absolute atomic E-state index is 0.0791. The lowest BCUT2D eigenvalue weighted by Gasteiger charge is -2.32. The van der Waals surface area contributed by atoms with Crippen molar-refractivity contribution in [3.05, 3.63) is 53.5 Å². The first-order valence-corrected chi connectivity index (χ1v) is 9.75. The highest BCUT2D eigenvalue weighted by Gasteiger charge is 2.34. The van der Waals surface area contributed by atoms with Crippen LogP contribution in [-0.2, 0) is 24.2 Å². The normalized spacial score (nSPS) is 16.6. The predicted molar refractivity (Wildman–Crippen MR) is 104 cm³/mol. The van der Waals surface area contributed by atoms with Crippen molar-refractivity contribution in [1.29, 1.82) is 0 Å². The Morgan fingerprint density at radius 1 is 1.21 bits per heavy atom. The number of aromatic nitrogens is 4. The van der Waals surface area contributed by atoms with Crippen molar-refractivity contribution in [3.8, 4) is 11.5 Å². The molecule has 1 amide bonds. The van der Waals surface area contributed by atoms with E-state index < -0.39 is 0 Å². The van der Waals surface area contributed by atoms with Gasteiger partial charge in [0.1, 0.15) is 11.8 Å². The van der Waals surface area contributed by atoms with E-state index in [1.54, 1.807) is 0 Å². The average Bonchev–Trinajstić information content (AvgIpc) is 3.30. The second-order valence-electron chi connectivity index (χ2n) is 7.76. The van der Waals surface area contributed by atoms with E-state index in [-0.39, 0.29) is 11.9 Å². The van der Waals surface area contributed by atoms with E-state index in [1.165, 1.54) is 5.56 Å². The molecular formula is C21H25N5O2. The summed E-state index contributed by atoms with van der Waals surface area (Å²) in [6.07, 6.45) is 1.64. The Hall–Kier alpha value is -2.96. The second kappa shape index (κ2) is 7.58. The topological polar surface area (TPSA) is 77.1 Å². The molecule has 0 aliphatic carbocycles. The maximum absolute atomic E-state index is 12.9. The highest BCUT2D eigenvalue weighted by molar-refractivity contribution is 5.81. The zero-order valence-electron chi connectivity index (χ0n) is 16.5. The third-order valence-corrected chi connectivity index (χ3v) is 5.07. The molecule has 3 heterocycles. The maximum atomic E-state index is 12.9. The largest absolute Gasteiger partial charge is 0.361 e. The van der Waals surface area contributed by atoms with Gasteiger partial charge in [0.05, 0.1) is 6.54 Å². The summed E-state index contributed by atoms with van der Waals surface area (Å²) in [5.41, 5.74) is 1.85. The van der Waals surface area contributed by atoms with Crippen molar-refractivity contribution in [2.75, 3.05) is 6.54 Å². The highest BCUT2D eigenvalue weighted by Crippen LogP contribution is 2.28. The molecule has 0 radical (unpaired) electrons. The smallest absolute Gasteiger partial charge is 0.245 e. The number of hydrogen-bond acceptors (Lipinski definition) is 5. The number of amides is 1. The molecule has 3 aromatic rings. The summed E-state index contributed by atoms with van der Waals surface area (Å²) in [5, 5.41) is 12.8. The molecule has 146 valence electrons. The quantitative estimate of drug-likeness (QED) is 0.657. The fraction of sp³-hybridized carbons (Fsp3) is 0.429. The summed E-state index contributed by atoms with van der Waals surface area (Å²) in [6, 6.07) is 11.7. The van der Waals surface area contributed by atoms with Crippen LogP contribution in [0.3, 0.4) is 0 Å². The third-order valence-electron chi connectivity index (χ3n) is 5.07. The van der Waals surface area contributed by atoms with E-state index in [4.69, 9.17) is 4.52 Å². The van der Waals surface area contributed by atoms with Gasteiger partial charge in [0.2, 0.25) is 5.91 Å². The number of rotatable bonds is 6. The molecule has 0 bridgehead atoms. The lowest BCUT2D eigenvalue weighted by atomic mass is 10.1. The molecule has 1 aliphatic rings. The van der Waals surface area contributed by atoms with E-state index in [0.717, 1.165) is 24.4 Å². The zero-order chi connectivity index (χ0) is 19.7. The SMILES string of the molecule is CC(C)Cc1cc(-c2nnc3n2[C@@H](C)C(=O)N(CCc2ccccc2)C3)no1. The lowest BCUT2D eigenvalue weighted by molar-refractivity contribution is -0.136. The van der Waals surface area contributed by atoms with Crippen LogP contribution in [0.4, 0.5) is 0 Å². The summed E-state index contributed by atoms with van der Waals surface area (Å²) in [6.45, 7) is 7.28. The fourth-order valence-electron chi connectivity index (χ4n) is 3.65. The number of carbonyl (C=O) groups is 1. The first kappa shape index (κ1) is 18.4. The summed E-state index contributed by atoms with van der Waals surface area (Å²) >= 11 is 0. The van der Waals surface area contributed by atoms with Crippen molar-refractivity contribution in [2.45, 2.75) is 46.2 Å². The minimum atomic E-state index is -0.366. The Balaban J connectivity index is 1.54. The van der Waals surface area contributed by atoms with E-state index >= 15 is 0 Å². The average molecular weight is 379 g/mol. The van der Waals surface area contributed by atoms with Crippen molar-refractivity contribution < 1.29 is 9.32 Å². The summed E-state index contributed by atoms with van der Waals surface area (Å²) in [7, 11) is 0. The molecule has 2 aromatic heterocycles. The molecule has 28 heavy (non-hydrogen) atoms. The molecule has 0 saturated carbocycles. The van der Waals surface area contributed by atoms with E-state index in [9.17, 15) is 4.79 Å². The molecule has 0 unspecified atom stereocenters. The Labute approximate surface area is 164 Å². The first-order chi connectivity index (χ1) is 13.5. The number of nitrogens with zero attached hydrogens (tertiary/aromatic N) is 5. The summed E-state index contributed by atoms with van der Waals surface area (Å²) in [4.78, 5) is 14.8. The molecule has 7 heteroatoms. The Morgan fingerprint density at radius 3 is 2.75 bits per heavy atom. The van der Waals surface area contributed by atoms with Crippen molar-refractivity contribution in [2.24, 2.45) is 5.92 Å². The van der Waals surface area contributed by atoms with Gasteiger partial charge in [-0.05, 0) is 24.8 Å². The molecular weight excluding hydrogens is 354 g/mol. The van der Waals surface area contributed by atoms with Crippen LogP contribution < -0.4 is 0 Å². The standard InChI is InChI=1S/C21H25N5O2/c1-14(2)11-17-12-18(24-28-17)20-23-22-19-13-25(21(27)15(3)26(19)20)10-9-16-7-5-4-6-8-16/h4-8,12,14-15H,9-11,13H2,1-3H3/t15-/m0/s1. The van der Waals surface area contributed by atoms with Crippen LogP contribution in [0.2, 0.25) is 0 Å². The van der Waals surface area contributed by atoms with E-state index in [1.807, 2.05) is 40.7 Å². The molecule has 0 fully saturated rings. The van der Waals surface area contributed by atoms with Crippen LogP contribution >= 0.6 is 0 Å². The van der Waals surface area contributed by atoms with Gasteiger partial charge in [0, 0.05) is 19.0 Å². The van der Waals surface area contributed by atoms with Crippen LogP contribution in [-0.4, -0.2) is 37.3 Å². The Bertz CT molecular complexity index is 960. The number of hydrogen-bond donors (Lipinski definition) is 0. The van der Waals surface area contributed by atoms with E-state index in [0.29, 0.717) is 30.5 Å². The molecule has 1 aromatic carbocycles. The van der Waals surface area contributed by atoms with Crippen molar-refractivity contribution in [3.63, 3.8) is 0 Å². The van der Waals surface area contributed by atoms with Crippen molar-refractivity contribution in [1.82, 2.24) is 24.8 Å². The van der Waals surface area contributed by atoms with Gasteiger partial charge < -0.3 is 9.42 Å². The molecule has 0 saturated heterocycles. The molecule has 4 rings (SSSR count). The summed E-state index contributed by atoms with van der Waals surface area (Å²) in [5.74, 6) is 2.75. The highest BCUT2D eigenvalue weighted by atomic mass is 16.5. The summed E-state index contributed by atoms with van der Waals surface area (Å²) < 4.78 is 7.32. The van der Waals surface area contributed by atoms with Gasteiger partial charge in [-0.15, -0.1) is 10.2 Å². The second-order valence-corrected chi connectivity index (χ2v) is 7.76. The minimum Gasteiger partial charge on any atom is -0.361 e. The third kappa shape index (κ3) is 3.56. The van der Waals surface area contributed by atoms with Gasteiger partial charge in [0.25, 0.3) is 0 Å². The van der Waals surface area contributed by atoms with Crippen LogP contribution in [0.15, 0.2) is 40.9 Å². The monoisotopic (exact) mass is 379 g/mol. The number of fused-ring (bicyclic) bond motifs is 1. The van der Waals surface area contributed by atoms with Crippen LogP contribution in [0, 0.1) is 5.92 Å².